The minimum atomic E-state index is -0.259. The molecule has 0 spiro atoms. The number of hydrogen-bond acceptors (Lipinski definition) is 3. The van der Waals surface area contributed by atoms with Crippen molar-refractivity contribution in [2.45, 2.75) is 38.5 Å². The fraction of sp³-hybridized carbons (Fsp3) is 0.364. The van der Waals surface area contributed by atoms with Gasteiger partial charge in [-0.3, -0.25) is 9.59 Å². The van der Waals surface area contributed by atoms with E-state index in [4.69, 9.17) is 4.74 Å². The molecule has 2 aromatic rings. The zero-order valence-electron chi connectivity index (χ0n) is 15.2. The Morgan fingerprint density at radius 1 is 1.15 bits per heavy atom. The number of ether oxygens (including phenoxy) is 1. The molecule has 0 unspecified atom stereocenters. The van der Waals surface area contributed by atoms with Crippen molar-refractivity contribution in [3.8, 4) is 5.75 Å². The summed E-state index contributed by atoms with van der Waals surface area (Å²) in [6.07, 6.45) is 3.91. The van der Waals surface area contributed by atoms with E-state index in [-0.39, 0.29) is 17.5 Å². The number of rotatable bonds is 5. The first-order valence-electron chi connectivity index (χ1n) is 9.50. The number of halogens is 1. The minimum Gasteiger partial charge on any atom is -0.493 e. The third kappa shape index (κ3) is 3.59. The lowest BCUT2D eigenvalue weighted by molar-refractivity contribution is -0.118. The summed E-state index contributed by atoms with van der Waals surface area (Å²) in [4.78, 5) is 26.2. The molecule has 5 heteroatoms. The van der Waals surface area contributed by atoms with Crippen LogP contribution in [0.3, 0.4) is 0 Å². The normalized spacial score (nSPS) is 15.4. The number of carbonyl (C=O) groups excluding carboxylic acids is 2. The lowest BCUT2D eigenvalue weighted by Gasteiger charge is -2.29. The van der Waals surface area contributed by atoms with Gasteiger partial charge in [-0.05, 0) is 55.5 Å². The van der Waals surface area contributed by atoms with E-state index in [1.165, 1.54) is 12.1 Å². The van der Waals surface area contributed by atoms with Gasteiger partial charge in [-0.25, -0.2) is 4.39 Å². The SMILES string of the molecule is O=C1CCc2c(OCCCC(=O)N3CCCc4cc(F)ccc43)cccc21. The van der Waals surface area contributed by atoms with Gasteiger partial charge in [0.15, 0.2) is 5.78 Å². The Kier molecular flexibility index (Phi) is 4.92. The monoisotopic (exact) mass is 367 g/mol. The zero-order chi connectivity index (χ0) is 18.8. The molecule has 1 heterocycles. The number of fused-ring (bicyclic) bond motifs is 2. The number of hydrogen-bond donors (Lipinski definition) is 0. The Hall–Kier alpha value is -2.69. The summed E-state index contributed by atoms with van der Waals surface area (Å²) in [5.41, 5.74) is 3.48. The number of ketones is 1. The highest BCUT2D eigenvalue weighted by molar-refractivity contribution is 6.01. The third-order valence-electron chi connectivity index (χ3n) is 5.29. The topological polar surface area (TPSA) is 46.6 Å². The predicted molar refractivity (Wildman–Crippen MR) is 101 cm³/mol. The molecule has 0 N–H and O–H groups in total. The van der Waals surface area contributed by atoms with Gasteiger partial charge in [0.2, 0.25) is 5.91 Å². The van der Waals surface area contributed by atoms with Crippen molar-refractivity contribution in [1.29, 1.82) is 0 Å². The van der Waals surface area contributed by atoms with Gasteiger partial charge in [-0.2, -0.15) is 0 Å². The highest BCUT2D eigenvalue weighted by Crippen LogP contribution is 2.31. The smallest absolute Gasteiger partial charge is 0.227 e. The Bertz CT molecular complexity index is 893. The van der Waals surface area contributed by atoms with E-state index in [0.29, 0.717) is 32.4 Å². The molecule has 1 aliphatic carbocycles. The predicted octanol–water partition coefficient (Wildman–Crippen LogP) is 4.09. The Balaban J connectivity index is 1.33. The fourth-order valence-electron chi connectivity index (χ4n) is 3.96. The van der Waals surface area contributed by atoms with E-state index in [1.54, 1.807) is 11.0 Å². The molecule has 1 aliphatic heterocycles. The molecule has 0 saturated heterocycles. The van der Waals surface area contributed by atoms with Crippen molar-refractivity contribution in [3.63, 3.8) is 0 Å². The maximum atomic E-state index is 13.4. The van der Waals surface area contributed by atoms with Crippen molar-refractivity contribution in [3.05, 3.63) is 58.9 Å². The molecule has 27 heavy (non-hydrogen) atoms. The molecular weight excluding hydrogens is 345 g/mol. The molecule has 0 atom stereocenters. The van der Waals surface area contributed by atoms with Gasteiger partial charge in [-0.1, -0.05) is 12.1 Å². The molecule has 2 aromatic carbocycles. The van der Waals surface area contributed by atoms with E-state index >= 15 is 0 Å². The first-order valence-corrected chi connectivity index (χ1v) is 9.50. The van der Waals surface area contributed by atoms with Gasteiger partial charge < -0.3 is 9.64 Å². The number of Topliss-reactive ketones (excluding diaryl/α,β-unsaturated/α-hetero) is 1. The van der Waals surface area contributed by atoms with Crippen LogP contribution in [0.1, 0.15) is 47.2 Å². The summed E-state index contributed by atoms with van der Waals surface area (Å²) in [7, 11) is 0. The van der Waals surface area contributed by atoms with Crippen LogP contribution in [0.15, 0.2) is 36.4 Å². The lowest BCUT2D eigenvalue weighted by atomic mass is 10.0. The van der Waals surface area contributed by atoms with Gasteiger partial charge in [0.25, 0.3) is 0 Å². The molecule has 2 aliphatic rings. The van der Waals surface area contributed by atoms with E-state index in [2.05, 4.69) is 0 Å². The first kappa shape index (κ1) is 17.7. The maximum Gasteiger partial charge on any atom is 0.227 e. The molecule has 0 aromatic heterocycles. The van der Waals surface area contributed by atoms with E-state index in [1.807, 2.05) is 18.2 Å². The third-order valence-corrected chi connectivity index (χ3v) is 5.29. The molecule has 1 amide bonds. The minimum absolute atomic E-state index is 0.0413. The Labute approximate surface area is 157 Å². The quantitative estimate of drug-likeness (QED) is 0.748. The van der Waals surface area contributed by atoms with Gasteiger partial charge >= 0.3 is 0 Å². The number of aryl methyl sites for hydroxylation is 1. The Morgan fingerprint density at radius 2 is 2.04 bits per heavy atom. The second-order valence-corrected chi connectivity index (χ2v) is 7.08. The molecule has 4 nitrogen and oxygen atoms in total. The number of amides is 1. The van der Waals surface area contributed by atoms with Crippen molar-refractivity contribution < 1.29 is 18.7 Å². The van der Waals surface area contributed by atoms with Gasteiger partial charge in [0, 0.05) is 36.2 Å². The molecule has 0 radical (unpaired) electrons. The molecular formula is C22H22FNO3. The number of anilines is 1. The van der Waals surface area contributed by atoms with Gasteiger partial charge in [0.1, 0.15) is 11.6 Å². The van der Waals surface area contributed by atoms with Crippen LogP contribution in [0.2, 0.25) is 0 Å². The lowest BCUT2D eigenvalue weighted by Crippen LogP contribution is -2.35. The number of nitrogens with zero attached hydrogens (tertiary/aromatic N) is 1. The summed E-state index contributed by atoms with van der Waals surface area (Å²) in [5.74, 6) is 0.709. The summed E-state index contributed by atoms with van der Waals surface area (Å²) >= 11 is 0. The van der Waals surface area contributed by atoms with Gasteiger partial charge in [-0.15, -0.1) is 0 Å². The zero-order valence-corrected chi connectivity index (χ0v) is 15.2. The van der Waals surface area contributed by atoms with Crippen LogP contribution in [0, 0.1) is 5.82 Å². The molecule has 4 rings (SSSR count). The van der Waals surface area contributed by atoms with Crippen LogP contribution in [-0.2, 0) is 17.6 Å². The van der Waals surface area contributed by atoms with Crippen molar-refractivity contribution in [1.82, 2.24) is 0 Å². The fourth-order valence-corrected chi connectivity index (χ4v) is 3.96. The Morgan fingerprint density at radius 3 is 2.93 bits per heavy atom. The number of benzene rings is 2. The van der Waals surface area contributed by atoms with E-state index in [0.717, 1.165) is 47.4 Å². The number of carbonyl (C=O) groups is 2. The molecule has 0 saturated carbocycles. The van der Waals surface area contributed by atoms with Gasteiger partial charge in [0.05, 0.1) is 6.61 Å². The highest BCUT2D eigenvalue weighted by Gasteiger charge is 2.24. The average Bonchev–Trinajstić information content (AvgIpc) is 3.06. The first-order chi connectivity index (χ1) is 13.1. The molecule has 140 valence electrons. The van der Waals surface area contributed by atoms with Crippen molar-refractivity contribution in [2.24, 2.45) is 0 Å². The standard InChI is InChI=1S/C22H22FNO3/c23-16-8-10-19-15(14-16)4-2-12-24(19)22(26)7-3-13-27-21-6-1-5-17-18(21)9-11-20(17)25/h1,5-6,8,10,14H,2-4,7,9,11-13H2. The van der Waals surface area contributed by atoms with E-state index in [9.17, 15) is 14.0 Å². The molecule has 0 fully saturated rings. The van der Waals surface area contributed by atoms with Crippen LogP contribution < -0.4 is 9.64 Å². The maximum absolute atomic E-state index is 13.4. The summed E-state index contributed by atoms with van der Waals surface area (Å²) in [5, 5.41) is 0. The highest BCUT2D eigenvalue weighted by atomic mass is 19.1. The van der Waals surface area contributed by atoms with Crippen molar-refractivity contribution in [2.75, 3.05) is 18.1 Å². The largest absolute Gasteiger partial charge is 0.493 e. The van der Waals surface area contributed by atoms with Crippen molar-refractivity contribution >= 4 is 17.4 Å². The van der Waals surface area contributed by atoms with Crippen LogP contribution in [-0.4, -0.2) is 24.8 Å². The van der Waals surface area contributed by atoms with Crippen LogP contribution >= 0.6 is 0 Å². The van der Waals surface area contributed by atoms with Crippen LogP contribution in [0.25, 0.3) is 0 Å². The summed E-state index contributed by atoms with van der Waals surface area (Å²) in [6, 6.07) is 10.2. The average molecular weight is 367 g/mol. The van der Waals surface area contributed by atoms with Crippen LogP contribution in [0.5, 0.6) is 5.75 Å². The van der Waals surface area contributed by atoms with E-state index < -0.39 is 0 Å². The summed E-state index contributed by atoms with van der Waals surface area (Å²) in [6.45, 7) is 1.10. The summed E-state index contributed by atoms with van der Waals surface area (Å²) < 4.78 is 19.3. The second kappa shape index (κ2) is 7.51. The molecule has 0 bridgehead atoms. The second-order valence-electron chi connectivity index (χ2n) is 7.08. The van der Waals surface area contributed by atoms with Crippen LogP contribution in [0.4, 0.5) is 10.1 Å².